The van der Waals surface area contributed by atoms with Crippen molar-refractivity contribution >= 4 is 23.4 Å². The Morgan fingerprint density at radius 2 is 1.80 bits per heavy atom. The molecule has 1 amide bonds. The van der Waals surface area contributed by atoms with Crippen LogP contribution in [-0.2, 0) is 11.0 Å². The molecule has 0 saturated heterocycles. The Morgan fingerprint density at radius 3 is 2.43 bits per heavy atom. The minimum absolute atomic E-state index is 0.149. The number of benzene rings is 2. The van der Waals surface area contributed by atoms with E-state index in [4.69, 9.17) is 4.74 Å². The lowest BCUT2D eigenvalue weighted by molar-refractivity contribution is -0.137. The van der Waals surface area contributed by atoms with Crippen molar-refractivity contribution in [3.05, 3.63) is 59.7 Å². The number of para-hydroxylation sites is 1. The number of aromatic nitrogens is 3. The molecule has 0 N–H and O–H groups in total. The van der Waals surface area contributed by atoms with E-state index in [9.17, 15) is 18.0 Å². The monoisotopic (exact) mass is 432 g/mol. The van der Waals surface area contributed by atoms with Gasteiger partial charge in [0, 0.05) is 18.1 Å². The number of alkyl halides is 3. The molecule has 30 heavy (non-hydrogen) atoms. The summed E-state index contributed by atoms with van der Waals surface area (Å²) in [5.41, 5.74) is 1.02. The average molecular weight is 432 g/mol. The van der Waals surface area contributed by atoms with Gasteiger partial charge < -0.3 is 4.74 Å². The van der Waals surface area contributed by atoms with E-state index in [-0.39, 0.29) is 11.8 Å². The van der Waals surface area contributed by atoms with Crippen LogP contribution in [0, 0.1) is 0 Å². The molecule has 3 aromatic rings. The topological polar surface area (TPSA) is 68.2 Å². The molecule has 0 fully saturated rings. The number of carbonyl (C=O) groups is 1. The molecular formula is C20H15F3N4O2S. The fourth-order valence-electron chi connectivity index (χ4n) is 3.19. The Kier molecular flexibility index (Phi) is 5.10. The van der Waals surface area contributed by atoms with Gasteiger partial charge >= 0.3 is 6.18 Å². The third-order valence-electron chi connectivity index (χ3n) is 4.56. The summed E-state index contributed by atoms with van der Waals surface area (Å²) in [5, 5.41) is 8.63. The van der Waals surface area contributed by atoms with Crippen molar-refractivity contribution in [3.8, 4) is 17.1 Å². The maximum atomic E-state index is 13.0. The van der Waals surface area contributed by atoms with E-state index in [1.807, 2.05) is 0 Å². The van der Waals surface area contributed by atoms with Crippen LogP contribution in [0.3, 0.4) is 0 Å². The van der Waals surface area contributed by atoms with Gasteiger partial charge in [-0.15, -0.1) is 10.2 Å². The van der Waals surface area contributed by atoms with E-state index < -0.39 is 18.0 Å². The lowest BCUT2D eigenvalue weighted by Crippen LogP contribution is -2.36. The van der Waals surface area contributed by atoms with Crippen LogP contribution in [0.2, 0.25) is 0 Å². The molecule has 2 heterocycles. The Labute approximate surface area is 174 Å². The molecule has 10 heteroatoms. The van der Waals surface area contributed by atoms with Gasteiger partial charge in [0.05, 0.1) is 11.3 Å². The van der Waals surface area contributed by atoms with Crippen LogP contribution in [-0.4, -0.2) is 27.3 Å². The number of carbonyl (C=O) groups excluding carboxylic acids is 1. The Hall–Kier alpha value is -3.14. The van der Waals surface area contributed by atoms with Gasteiger partial charge in [0.15, 0.2) is 5.69 Å². The number of thioether (sulfide) groups is 1. The van der Waals surface area contributed by atoms with Crippen LogP contribution < -0.4 is 9.64 Å². The molecule has 1 aliphatic heterocycles. The minimum Gasteiger partial charge on any atom is -0.447 e. The third-order valence-corrected chi connectivity index (χ3v) is 5.09. The number of halogens is 3. The van der Waals surface area contributed by atoms with Crippen LogP contribution in [0.25, 0.3) is 11.3 Å². The smallest absolute Gasteiger partial charge is 0.416 e. The van der Waals surface area contributed by atoms with Crippen molar-refractivity contribution in [2.75, 3.05) is 11.2 Å². The van der Waals surface area contributed by atoms with Crippen molar-refractivity contribution in [1.82, 2.24) is 15.2 Å². The summed E-state index contributed by atoms with van der Waals surface area (Å²) in [6.45, 7) is 1.36. The Morgan fingerprint density at radius 1 is 1.10 bits per heavy atom. The van der Waals surface area contributed by atoms with Gasteiger partial charge in [0.2, 0.25) is 23.2 Å². The van der Waals surface area contributed by atoms with E-state index in [1.165, 1.54) is 35.7 Å². The minimum atomic E-state index is -4.47. The van der Waals surface area contributed by atoms with Crippen molar-refractivity contribution in [3.63, 3.8) is 0 Å². The van der Waals surface area contributed by atoms with Crippen LogP contribution in [0.5, 0.6) is 5.88 Å². The van der Waals surface area contributed by atoms with E-state index in [0.717, 1.165) is 12.1 Å². The molecule has 0 saturated carbocycles. The molecule has 0 radical (unpaired) electrons. The van der Waals surface area contributed by atoms with Gasteiger partial charge in [-0.3, -0.25) is 9.69 Å². The van der Waals surface area contributed by atoms with Crippen LogP contribution in [0.1, 0.15) is 24.3 Å². The summed E-state index contributed by atoms with van der Waals surface area (Å²) >= 11 is 1.27. The molecule has 1 atom stereocenters. The molecule has 4 rings (SSSR count). The summed E-state index contributed by atoms with van der Waals surface area (Å²) in [4.78, 5) is 18.3. The highest BCUT2D eigenvalue weighted by Crippen LogP contribution is 2.43. The molecule has 0 spiro atoms. The van der Waals surface area contributed by atoms with Crippen molar-refractivity contribution in [2.24, 2.45) is 0 Å². The van der Waals surface area contributed by atoms with Crippen LogP contribution in [0.15, 0.2) is 53.7 Å². The van der Waals surface area contributed by atoms with E-state index >= 15 is 0 Å². The van der Waals surface area contributed by atoms with Gasteiger partial charge in [-0.1, -0.05) is 42.1 Å². The first kappa shape index (κ1) is 20.1. The molecule has 154 valence electrons. The second kappa shape index (κ2) is 7.60. The van der Waals surface area contributed by atoms with E-state index in [0.29, 0.717) is 27.7 Å². The molecule has 6 nitrogen and oxygen atoms in total. The van der Waals surface area contributed by atoms with Gasteiger partial charge in [-0.05, 0) is 24.5 Å². The number of ether oxygens (including phenoxy) is 1. The maximum absolute atomic E-state index is 13.0. The standard InChI is InChI=1S/C20H15F3N4O2S/c1-11(28)27-15-6-4-3-5-14(15)16-17(24-19(30-2)26-25-16)29-18(27)12-7-9-13(10-8-12)20(21,22)23/h3-10,18H,1-2H3. The number of anilines is 1. The number of fused-ring (bicyclic) bond motifs is 3. The first-order valence-electron chi connectivity index (χ1n) is 8.81. The zero-order chi connectivity index (χ0) is 21.5. The highest BCUT2D eigenvalue weighted by atomic mass is 32.2. The summed E-state index contributed by atoms with van der Waals surface area (Å²) in [7, 11) is 0. The fourth-order valence-corrected chi connectivity index (χ4v) is 3.49. The molecule has 0 bridgehead atoms. The maximum Gasteiger partial charge on any atom is 0.416 e. The Balaban J connectivity index is 1.90. The van der Waals surface area contributed by atoms with E-state index in [2.05, 4.69) is 15.2 Å². The summed E-state index contributed by atoms with van der Waals surface area (Å²) in [6, 6.07) is 11.5. The first-order valence-corrected chi connectivity index (χ1v) is 10.0. The zero-order valence-electron chi connectivity index (χ0n) is 15.8. The SMILES string of the molecule is CSc1nnc2c(n1)OC(c1ccc(C(F)(F)F)cc1)N(C(C)=O)c1ccccc1-2. The van der Waals surface area contributed by atoms with E-state index in [1.54, 1.807) is 30.5 Å². The number of amides is 1. The lowest BCUT2D eigenvalue weighted by Gasteiger charge is -2.30. The van der Waals surface area contributed by atoms with Gasteiger partial charge in [0.1, 0.15) is 0 Å². The number of rotatable bonds is 2. The Bertz CT molecular complexity index is 1110. The predicted octanol–water partition coefficient (Wildman–Crippen LogP) is 4.72. The molecule has 1 aliphatic rings. The normalized spacial score (nSPS) is 15.6. The number of hydrogen-bond donors (Lipinski definition) is 0. The summed E-state index contributed by atoms with van der Waals surface area (Å²) < 4.78 is 45.0. The number of hydrogen-bond acceptors (Lipinski definition) is 6. The highest BCUT2D eigenvalue weighted by molar-refractivity contribution is 7.98. The largest absolute Gasteiger partial charge is 0.447 e. The third kappa shape index (κ3) is 3.58. The average Bonchev–Trinajstić information content (AvgIpc) is 2.87. The second-order valence-corrected chi connectivity index (χ2v) is 7.22. The van der Waals surface area contributed by atoms with Crippen molar-refractivity contribution in [2.45, 2.75) is 24.5 Å². The molecule has 0 aliphatic carbocycles. The van der Waals surface area contributed by atoms with Gasteiger partial charge in [0.25, 0.3) is 0 Å². The van der Waals surface area contributed by atoms with Gasteiger partial charge in [-0.25, -0.2) is 0 Å². The lowest BCUT2D eigenvalue weighted by atomic mass is 10.1. The molecular weight excluding hydrogens is 417 g/mol. The molecule has 1 aromatic heterocycles. The summed E-state index contributed by atoms with van der Waals surface area (Å²) in [6.07, 6.45) is -3.71. The summed E-state index contributed by atoms with van der Waals surface area (Å²) in [5.74, 6) is -0.200. The first-order chi connectivity index (χ1) is 14.3. The van der Waals surface area contributed by atoms with Crippen LogP contribution >= 0.6 is 11.8 Å². The van der Waals surface area contributed by atoms with Gasteiger partial charge in [-0.2, -0.15) is 18.2 Å². The quantitative estimate of drug-likeness (QED) is 0.546. The van der Waals surface area contributed by atoms with Crippen LogP contribution in [0.4, 0.5) is 18.9 Å². The second-order valence-electron chi connectivity index (χ2n) is 6.45. The van der Waals surface area contributed by atoms with Crippen molar-refractivity contribution in [1.29, 1.82) is 0 Å². The number of nitrogens with zero attached hydrogens (tertiary/aromatic N) is 4. The molecule has 2 aromatic carbocycles. The fraction of sp³-hybridized carbons (Fsp3) is 0.200. The predicted molar refractivity (Wildman–Crippen MR) is 105 cm³/mol. The molecule has 1 unspecified atom stereocenters. The highest BCUT2D eigenvalue weighted by Gasteiger charge is 2.35. The zero-order valence-corrected chi connectivity index (χ0v) is 16.7. The van der Waals surface area contributed by atoms with Crippen molar-refractivity contribution < 1.29 is 22.7 Å².